The van der Waals surface area contributed by atoms with Crippen molar-refractivity contribution in [2.75, 3.05) is 5.32 Å². The number of amides is 2. The number of nitrogens with one attached hydrogen (secondary N) is 2. The van der Waals surface area contributed by atoms with Crippen LogP contribution in [0.4, 0.5) is 5.69 Å². The van der Waals surface area contributed by atoms with E-state index in [1.54, 1.807) is 24.3 Å². The fourth-order valence-corrected chi connectivity index (χ4v) is 2.04. The van der Waals surface area contributed by atoms with E-state index in [4.69, 9.17) is 4.42 Å². The molecule has 0 unspecified atom stereocenters. The Morgan fingerprint density at radius 2 is 1.91 bits per heavy atom. The van der Waals surface area contributed by atoms with Gasteiger partial charge in [0.05, 0.1) is 12.0 Å². The van der Waals surface area contributed by atoms with Crippen LogP contribution in [0.2, 0.25) is 0 Å². The molecular weight excluding hydrogens is 294 g/mol. The lowest BCUT2D eigenvalue weighted by Crippen LogP contribution is -2.20. The number of benzene rings is 1. The van der Waals surface area contributed by atoms with E-state index in [2.05, 4.69) is 15.8 Å². The summed E-state index contributed by atoms with van der Waals surface area (Å²) in [6.07, 6.45) is 3.35. The molecule has 1 aliphatic rings. The normalized spacial score (nSPS) is 14.4. The minimum atomic E-state index is -0.301. The fraction of sp³-hybridized carbons (Fsp3) is 0.235. The predicted octanol–water partition coefficient (Wildman–Crippen LogP) is 2.78. The van der Waals surface area contributed by atoms with Crippen LogP contribution in [0.5, 0.6) is 0 Å². The van der Waals surface area contributed by atoms with Gasteiger partial charge in [-0.1, -0.05) is 12.1 Å². The number of hydrogen-bond acceptors (Lipinski definition) is 4. The maximum absolute atomic E-state index is 11.9. The Kier molecular flexibility index (Phi) is 4.23. The van der Waals surface area contributed by atoms with Gasteiger partial charge in [0.1, 0.15) is 0 Å². The van der Waals surface area contributed by atoms with E-state index in [0.29, 0.717) is 11.4 Å². The SMILES string of the molecule is CC(=NNC(=O)C1CC1)c1ccc(NC(=O)c2ccco2)cc1. The number of hydrogen-bond donors (Lipinski definition) is 2. The van der Waals surface area contributed by atoms with Gasteiger partial charge in [-0.05, 0) is 49.6 Å². The Bertz CT molecular complexity index is 729. The first-order chi connectivity index (χ1) is 11.1. The van der Waals surface area contributed by atoms with Crippen LogP contribution >= 0.6 is 0 Å². The van der Waals surface area contributed by atoms with Crippen molar-refractivity contribution in [3.63, 3.8) is 0 Å². The van der Waals surface area contributed by atoms with Crippen LogP contribution in [0.3, 0.4) is 0 Å². The first kappa shape index (κ1) is 15.0. The average Bonchev–Trinajstić information content (AvgIpc) is 3.27. The molecule has 118 valence electrons. The van der Waals surface area contributed by atoms with Crippen molar-refractivity contribution in [2.24, 2.45) is 11.0 Å². The van der Waals surface area contributed by atoms with Gasteiger partial charge in [0.15, 0.2) is 5.76 Å². The second kappa shape index (κ2) is 6.48. The van der Waals surface area contributed by atoms with Crippen molar-refractivity contribution in [3.8, 4) is 0 Å². The standard InChI is InChI=1S/C17H17N3O3/c1-11(19-20-16(21)13-4-5-13)12-6-8-14(9-7-12)18-17(22)15-3-2-10-23-15/h2-3,6-10,13H,4-5H2,1H3,(H,18,22)(H,20,21). The highest BCUT2D eigenvalue weighted by Crippen LogP contribution is 2.28. The zero-order valence-electron chi connectivity index (χ0n) is 12.7. The van der Waals surface area contributed by atoms with E-state index in [9.17, 15) is 9.59 Å². The van der Waals surface area contributed by atoms with Gasteiger partial charge in [-0.2, -0.15) is 5.10 Å². The number of nitrogens with zero attached hydrogens (tertiary/aromatic N) is 1. The summed E-state index contributed by atoms with van der Waals surface area (Å²) in [4.78, 5) is 23.4. The Labute approximate surface area is 133 Å². The zero-order valence-corrected chi connectivity index (χ0v) is 12.7. The molecule has 0 spiro atoms. The molecule has 6 nitrogen and oxygen atoms in total. The molecule has 1 fully saturated rings. The Hall–Kier alpha value is -2.89. The minimum absolute atomic E-state index is 0.0216. The Balaban J connectivity index is 1.60. The molecule has 1 heterocycles. The lowest BCUT2D eigenvalue weighted by Gasteiger charge is -2.06. The summed E-state index contributed by atoms with van der Waals surface area (Å²) in [6.45, 7) is 1.82. The summed E-state index contributed by atoms with van der Waals surface area (Å²) in [7, 11) is 0. The third-order valence-corrected chi connectivity index (χ3v) is 3.59. The Morgan fingerprint density at radius 3 is 2.52 bits per heavy atom. The largest absolute Gasteiger partial charge is 0.459 e. The van der Waals surface area contributed by atoms with E-state index in [1.165, 1.54) is 6.26 Å². The lowest BCUT2D eigenvalue weighted by molar-refractivity contribution is -0.122. The molecule has 2 amide bonds. The highest BCUT2D eigenvalue weighted by atomic mass is 16.3. The third kappa shape index (κ3) is 3.85. The molecule has 1 aromatic heterocycles. The number of carbonyl (C=O) groups is 2. The molecule has 0 radical (unpaired) electrons. The molecule has 0 saturated heterocycles. The molecule has 23 heavy (non-hydrogen) atoms. The summed E-state index contributed by atoms with van der Waals surface area (Å²) in [5, 5.41) is 6.84. The minimum Gasteiger partial charge on any atom is -0.459 e. The van der Waals surface area contributed by atoms with Crippen molar-refractivity contribution in [3.05, 3.63) is 54.0 Å². The maximum Gasteiger partial charge on any atom is 0.291 e. The van der Waals surface area contributed by atoms with Gasteiger partial charge in [0, 0.05) is 11.6 Å². The molecule has 1 aromatic carbocycles. The van der Waals surface area contributed by atoms with E-state index >= 15 is 0 Å². The molecule has 2 aromatic rings. The van der Waals surface area contributed by atoms with E-state index in [1.807, 2.05) is 19.1 Å². The van der Waals surface area contributed by atoms with Crippen LogP contribution in [0.15, 0.2) is 52.2 Å². The summed E-state index contributed by atoms with van der Waals surface area (Å²) >= 11 is 0. The first-order valence-electron chi connectivity index (χ1n) is 7.43. The van der Waals surface area contributed by atoms with Gasteiger partial charge < -0.3 is 9.73 Å². The quantitative estimate of drug-likeness (QED) is 0.658. The van der Waals surface area contributed by atoms with Crippen molar-refractivity contribution < 1.29 is 14.0 Å². The Morgan fingerprint density at radius 1 is 1.17 bits per heavy atom. The fourth-order valence-electron chi connectivity index (χ4n) is 2.04. The van der Waals surface area contributed by atoms with Gasteiger partial charge in [-0.15, -0.1) is 0 Å². The van der Waals surface area contributed by atoms with Crippen LogP contribution in [0.1, 0.15) is 35.9 Å². The monoisotopic (exact) mass is 311 g/mol. The second-order valence-corrected chi connectivity index (χ2v) is 5.46. The molecule has 1 saturated carbocycles. The van der Waals surface area contributed by atoms with E-state index in [0.717, 1.165) is 18.4 Å². The molecule has 0 atom stereocenters. The van der Waals surface area contributed by atoms with E-state index in [-0.39, 0.29) is 23.5 Å². The highest BCUT2D eigenvalue weighted by molar-refractivity contribution is 6.03. The topological polar surface area (TPSA) is 83.7 Å². The van der Waals surface area contributed by atoms with Crippen LogP contribution in [-0.2, 0) is 4.79 Å². The van der Waals surface area contributed by atoms with Crippen molar-refractivity contribution in [2.45, 2.75) is 19.8 Å². The van der Waals surface area contributed by atoms with Gasteiger partial charge in [-0.25, -0.2) is 5.43 Å². The smallest absolute Gasteiger partial charge is 0.291 e. The summed E-state index contributed by atoms with van der Waals surface area (Å²) < 4.78 is 5.04. The van der Waals surface area contributed by atoms with Gasteiger partial charge >= 0.3 is 0 Å². The van der Waals surface area contributed by atoms with E-state index < -0.39 is 0 Å². The van der Waals surface area contributed by atoms with Crippen molar-refractivity contribution >= 4 is 23.2 Å². The zero-order chi connectivity index (χ0) is 16.2. The molecule has 2 N–H and O–H groups in total. The summed E-state index contributed by atoms with van der Waals surface area (Å²) in [6, 6.07) is 10.5. The van der Waals surface area contributed by atoms with Gasteiger partial charge in [-0.3, -0.25) is 9.59 Å². The molecule has 0 aliphatic heterocycles. The lowest BCUT2D eigenvalue weighted by atomic mass is 10.1. The van der Waals surface area contributed by atoms with Crippen LogP contribution in [-0.4, -0.2) is 17.5 Å². The molecule has 6 heteroatoms. The molecule has 0 bridgehead atoms. The predicted molar refractivity (Wildman–Crippen MR) is 86.2 cm³/mol. The summed E-state index contributed by atoms with van der Waals surface area (Å²) in [5.41, 5.74) is 4.82. The van der Waals surface area contributed by atoms with Crippen LogP contribution in [0, 0.1) is 5.92 Å². The molecule has 1 aliphatic carbocycles. The maximum atomic E-state index is 11.9. The molecule has 3 rings (SSSR count). The number of rotatable bonds is 5. The van der Waals surface area contributed by atoms with Crippen molar-refractivity contribution in [1.29, 1.82) is 0 Å². The number of hydrazone groups is 1. The average molecular weight is 311 g/mol. The van der Waals surface area contributed by atoms with Crippen molar-refractivity contribution in [1.82, 2.24) is 5.43 Å². The number of carbonyl (C=O) groups excluding carboxylic acids is 2. The molecular formula is C17H17N3O3. The second-order valence-electron chi connectivity index (χ2n) is 5.46. The van der Waals surface area contributed by atoms with Gasteiger partial charge in [0.25, 0.3) is 5.91 Å². The third-order valence-electron chi connectivity index (χ3n) is 3.59. The van der Waals surface area contributed by atoms with Crippen LogP contribution < -0.4 is 10.7 Å². The summed E-state index contributed by atoms with van der Waals surface area (Å²) in [5.74, 6) is 0.0665. The van der Waals surface area contributed by atoms with Crippen LogP contribution in [0.25, 0.3) is 0 Å². The highest BCUT2D eigenvalue weighted by Gasteiger charge is 2.29. The first-order valence-corrected chi connectivity index (χ1v) is 7.43. The van der Waals surface area contributed by atoms with Gasteiger partial charge in [0.2, 0.25) is 5.91 Å². The number of furan rings is 1. The number of anilines is 1.